The second-order valence-electron chi connectivity index (χ2n) is 6.88. The molecular weight excluding hydrogens is 260 g/mol. The Morgan fingerprint density at radius 1 is 1.11 bits per heavy atom. The van der Waals surface area contributed by atoms with E-state index in [1.165, 1.54) is 6.42 Å². The average Bonchev–Trinajstić information content (AvgIpc) is 2.18. The van der Waals surface area contributed by atoms with Gasteiger partial charge in [-0.3, -0.25) is 0 Å². The van der Waals surface area contributed by atoms with E-state index < -0.39 is 15.6 Å². The highest BCUT2D eigenvalue weighted by molar-refractivity contribution is 7.89. The number of rotatable bonds is 3. The lowest BCUT2D eigenvalue weighted by Gasteiger charge is -2.30. The van der Waals surface area contributed by atoms with Crippen LogP contribution in [0, 0.1) is 16.7 Å². The van der Waals surface area contributed by atoms with E-state index in [-0.39, 0.29) is 11.2 Å². The molecule has 110 valence electrons. The molecule has 0 saturated heterocycles. The SMILES string of the molecule is CC(C)(C)CS(=O)(=O)NC1(C#N)CCCCCCC1. The van der Waals surface area contributed by atoms with Crippen LogP contribution in [0.1, 0.15) is 65.7 Å². The van der Waals surface area contributed by atoms with Crippen LogP contribution in [-0.4, -0.2) is 19.7 Å². The zero-order valence-electron chi connectivity index (χ0n) is 12.3. The van der Waals surface area contributed by atoms with E-state index >= 15 is 0 Å². The molecular formula is C14H26N2O2S. The minimum Gasteiger partial charge on any atom is -0.212 e. The minimum atomic E-state index is -3.41. The van der Waals surface area contributed by atoms with Gasteiger partial charge in [-0.15, -0.1) is 0 Å². The van der Waals surface area contributed by atoms with Crippen molar-refractivity contribution in [3.8, 4) is 6.07 Å². The van der Waals surface area contributed by atoms with E-state index in [1.54, 1.807) is 0 Å². The summed E-state index contributed by atoms with van der Waals surface area (Å²) < 4.78 is 27.1. The van der Waals surface area contributed by atoms with Gasteiger partial charge in [0.15, 0.2) is 0 Å². The molecule has 0 aromatic carbocycles. The molecule has 0 unspecified atom stereocenters. The maximum Gasteiger partial charge on any atom is 0.213 e. The standard InChI is InChI=1S/C14H26N2O2S/c1-13(2,3)12-19(17,18)16-14(11-15)9-7-5-4-6-8-10-14/h16H,4-10,12H2,1-3H3. The van der Waals surface area contributed by atoms with Gasteiger partial charge in [-0.05, 0) is 18.3 Å². The monoisotopic (exact) mass is 286 g/mol. The van der Waals surface area contributed by atoms with Gasteiger partial charge in [0, 0.05) is 0 Å². The van der Waals surface area contributed by atoms with E-state index in [0.29, 0.717) is 12.8 Å². The van der Waals surface area contributed by atoms with Gasteiger partial charge in [0.1, 0.15) is 5.54 Å². The van der Waals surface area contributed by atoms with Crippen LogP contribution in [0.15, 0.2) is 0 Å². The van der Waals surface area contributed by atoms with Gasteiger partial charge in [0.2, 0.25) is 10.0 Å². The van der Waals surface area contributed by atoms with Gasteiger partial charge in [-0.2, -0.15) is 9.98 Å². The van der Waals surface area contributed by atoms with Crippen molar-refractivity contribution in [2.45, 2.75) is 71.3 Å². The summed E-state index contributed by atoms with van der Waals surface area (Å²) in [7, 11) is -3.41. The molecule has 1 aliphatic carbocycles. The lowest BCUT2D eigenvalue weighted by molar-refractivity contribution is 0.353. The molecule has 0 radical (unpaired) electrons. The summed E-state index contributed by atoms with van der Waals surface area (Å²) in [5, 5.41) is 9.44. The van der Waals surface area contributed by atoms with Crippen molar-refractivity contribution in [3.63, 3.8) is 0 Å². The number of nitrogens with one attached hydrogen (secondary N) is 1. The molecule has 0 spiro atoms. The molecule has 5 heteroatoms. The number of hydrogen-bond acceptors (Lipinski definition) is 3. The Morgan fingerprint density at radius 2 is 1.58 bits per heavy atom. The van der Waals surface area contributed by atoms with Crippen molar-refractivity contribution in [3.05, 3.63) is 0 Å². The fraction of sp³-hybridized carbons (Fsp3) is 0.929. The van der Waals surface area contributed by atoms with Crippen LogP contribution in [0.4, 0.5) is 0 Å². The molecule has 0 aliphatic heterocycles. The van der Waals surface area contributed by atoms with Crippen LogP contribution >= 0.6 is 0 Å². The molecule has 0 atom stereocenters. The highest BCUT2D eigenvalue weighted by atomic mass is 32.2. The Hall–Kier alpha value is -0.600. The Bertz CT molecular complexity index is 421. The first kappa shape index (κ1) is 16.5. The summed E-state index contributed by atoms with van der Waals surface area (Å²) in [5.41, 5.74) is -1.19. The first-order chi connectivity index (χ1) is 8.68. The molecule has 0 bridgehead atoms. The van der Waals surface area contributed by atoms with Gasteiger partial charge >= 0.3 is 0 Å². The van der Waals surface area contributed by atoms with Crippen molar-refractivity contribution >= 4 is 10.0 Å². The van der Waals surface area contributed by atoms with Gasteiger partial charge in [-0.1, -0.05) is 52.9 Å². The quantitative estimate of drug-likeness (QED) is 0.867. The molecule has 1 saturated carbocycles. The molecule has 0 aromatic rings. The van der Waals surface area contributed by atoms with Gasteiger partial charge in [0.05, 0.1) is 11.8 Å². The van der Waals surface area contributed by atoms with Crippen molar-refractivity contribution in [1.29, 1.82) is 5.26 Å². The predicted octanol–water partition coefficient (Wildman–Crippen LogP) is 2.96. The molecule has 19 heavy (non-hydrogen) atoms. The normalized spacial score (nSPS) is 21.2. The first-order valence-electron chi connectivity index (χ1n) is 7.11. The number of nitriles is 1. The molecule has 4 nitrogen and oxygen atoms in total. The van der Waals surface area contributed by atoms with E-state index in [9.17, 15) is 13.7 Å². The Morgan fingerprint density at radius 3 is 2.00 bits per heavy atom. The number of sulfonamides is 1. The zero-order valence-corrected chi connectivity index (χ0v) is 13.1. The second-order valence-corrected chi connectivity index (χ2v) is 8.61. The predicted molar refractivity (Wildman–Crippen MR) is 77.0 cm³/mol. The van der Waals surface area contributed by atoms with E-state index in [1.807, 2.05) is 20.8 Å². The van der Waals surface area contributed by atoms with Gasteiger partial charge in [0.25, 0.3) is 0 Å². The minimum absolute atomic E-state index is 0.0590. The van der Waals surface area contributed by atoms with Crippen LogP contribution in [0.25, 0.3) is 0 Å². The summed E-state index contributed by atoms with van der Waals surface area (Å²) in [6.07, 6.45) is 6.47. The number of nitrogens with zero attached hydrogens (tertiary/aromatic N) is 1. The maximum absolute atomic E-state index is 12.2. The van der Waals surface area contributed by atoms with Crippen LogP contribution in [0.2, 0.25) is 0 Å². The topological polar surface area (TPSA) is 70.0 Å². The van der Waals surface area contributed by atoms with E-state index in [0.717, 1.165) is 25.7 Å². The molecule has 1 fully saturated rings. The van der Waals surface area contributed by atoms with E-state index in [4.69, 9.17) is 0 Å². The molecule has 0 heterocycles. The van der Waals surface area contributed by atoms with Crippen LogP contribution in [-0.2, 0) is 10.0 Å². The fourth-order valence-electron chi connectivity index (χ4n) is 2.65. The Balaban J connectivity index is 2.82. The Kier molecular flexibility index (Phi) is 5.40. The van der Waals surface area contributed by atoms with Crippen molar-refractivity contribution < 1.29 is 8.42 Å². The maximum atomic E-state index is 12.2. The van der Waals surface area contributed by atoms with E-state index in [2.05, 4.69) is 10.8 Å². The van der Waals surface area contributed by atoms with Crippen LogP contribution in [0.3, 0.4) is 0 Å². The highest BCUT2D eigenvalue weighted by Gasteiger charge is 2.36. The molecule has 1 rings (SSSR count). The van der Waals surface area contributed by atoms with Crippen molar-refractivity contribution in [1.82, 2.24) is 4.72 Å². The second kappa shape index (κ2) is 6.23. The smallest absolute Gasteiger partial charge is 0.212 e. The summed E-state index contributed by atoms with van der Waals surface area (Å²) in [5.74, 6) is 0.0590. The average molecular weight is 286 g/mol. The van der Waals surface area contributed by atoms with Crippen molar-refractivity contribution in [2.24, 2.45) is 5.41 Å². The van der Waals surface area contributed by atoms with Crippen molar-refractivity contribution in [2.75, 3.05) is 5.75 Å². The fourth-order valence-corrected chi connectivity index (χ4v) is 4.71. The largest absolute Gasteiger partial charge is 0.213 e. The zero-order chi connectivity index (χ0) is 14.6. The molecule has 1 N–H and O–H groups in total. The van der Waals surface area contributed by atoms with Gasteiger partial charge < -0.3 is 0 Å². The third-order valence-electron chi connectivity index (χ3n) is 3.40. The summed E-state index contributed by atoms with van der Waals surface area (Å²) in [6, 6.07) is 2.24. The third-order valence-corrected chi connectivity index (χ3v) is 5.34. The summed E-state index contributed by atoms with van der Waals surface area (Å²) in [6.45, 7) is 5.68. The van der Waals surface area contributed by atoms with Crippen LogP contribution < -0.4 is 4.72 Å². The molecule has 0 amide bonds. The lowest BCUT2D eigenvalue weighted by Crippen LogP contribution is -2.49. The summed E-state index contributed by atoms with van der Waals surface area (Å²) >= 11 is 0. The Labute approximate surface area is 117 Å². The van der Waals surface area contributed by atoms with Gasteiger partial charge in [-0.25, -0.2) is 8.42 Å². The third kappa shape index (κ3) is 5.92. The summed E-state index contributed by atoms with van der Waals surface area (Å²) in [4.78, 5) is 0. The lowest BCUT2D eigenvalue weighted by atomic mass is 9.86. The van der Waals surface area contributed by atoms with Crippen LogP contribution in [0.5, 0.6) is 0 Å². The number of hydrogen-bond donors (Lipinski definition) is 1. The first-order valence-corrected chi connectivity index (χ1v) is 8.76. The highest BCUT2D eigenvalue weighted by Crippen LogP contribution is 2.27. The molecule has 1 aliphatic rings. The molecule has 0 aromatic heterocycles.